The normalized spacial score (nSPS) is 14.1. The molecule has 3 amide bonds. The first-order valence-corrected chi connectivity index (χ1v) is 16.0. The molecule has 4 rings (SSSR count). The number of rotatable bonds is 15. The second-order valence-electron chi connectivity index (χ2n) is 10.3. The van der Waals surface area contributed by atoms with E-state index in [4.69, 9.17) is 23.7 Å². The summed E-state index contributed by atoms with van der Waals surface area (Å²) in [4.78, 5) is 47.8. The van der Waals surface area contributed by atoms with E-state index in [0.717, 1.165) is 9.13 Å². The molecule has 15 nitrogen and oxygen atoms in total. The number of ether oxygens (including phenoxy) is 5. The molecule has 0 fully saturated rings. The topological polar surface area (TPSA) is 189 Å². The number of halogens is 1. The van der Waals surface area contributed by atoms with E-state index in [1.54, 1.807) is 56.3 Å². The van der Waals surface area contributed by atoms with Crippen molar-refractivity contribution in [3.05, 3.63) is 96.2 Å². The highest BCUT2D eigenvalue weighted by molar-refractivity contribution is 14.1. The van der Waals surface area contributed by atoms with E-state index in [1.165, 1.54) is 25.5 Å². The number of urea groups is 1. The molecule has 1 atom stereocenters. The third kappa shape index (κ3) is 9.59. The minimum absolute atomic E-state index is 0.00518. The summed E-state index contributed by atoms with van der Waals surface area (Å²) in [5.74, 6) is 0.384. The molecule has 1 aliphatic heterocycles. The maximum atomic E-state index is 12.6. The number of allylic oxidation sites excluding steroid dienone is 1. The number of amides is 3. The van der Waals surface area contributed by atoms with Crippen LogP contribution in [0, 0.1) is 13.7 Å². The molecule has 0 spiro atoms. The van der Waals surface area contributed by atoms with Gasteiger partial charge in [-0.25, -0.2) is 15.0 Å². The van der Waals surface area contributed by atoms with Crippen molar-refractivity contribution in [2.45, 2.75) is 33.4 Å². The molecule has 258 valence electrons. The average molecular weight is 788 g/mol. The van der Waals surface area contributed by atoms with Crippen LogP contribution in [0.3, 0.4) is 0 Å². The highest BCUT2D eigenvalue weighted by Gasteiger charge is 2.32. The van der Waals surface area contributed by atoms with Crippen LogP contribution < -0.4 is 35.0 Å². The van der Waals surface area contributed by atoms with Crippen LogP contribution in [0.25, 0.3) is 0 Å². The molecule has 0 unspecified atom stereocenters. The Hall–Kier alpha value is -5.39. The molecule has 1 heterocycles. The quantitative estimate of drug-likeness (QED) is 0.0628. The fourth-order valence-electron chi connectivity index (χ4n) is 4.70. The Morgan fingerprint density at radius 3 is 2.45 bits per heavy atom. The minimum Gasteiger partial charge on any atom is -0.493 e. The van der Waals surface area contributed by atoms with Crippen molar-refractivity contribution in [1.82, 2.24) is 16.1 Å². The predicted octanol–water partition coefficient (Wildman–Crippen LogP) is 4.91. The van der Waals surface area contributed by atoms with Gasteiger partial charge >= 0.3 is 12.0 Å². The van der Waals surface area contributed by atoms with E-state index >= 15 is 0 Å². The smallest absolute Gasteiger partial charge is 0.338 e. The number of carbonyl (C=O) groups excluding carboxylic acids is 3. The number of nitro benzene ring substituents is 1. The predicted molar refractivity (Wildman–Crippen MR) is 186 cm³/mol. The highest BCUT2D eigenvalue weighted by Crippen LogP contribution is 2.36. The fraction of sp³-hybridized carbons (Fsp3) is 0.273. The van der Waals surface area contributed by atoms with Gasteiger partial charge in [-0.3, -0.25) is 14.9 Å². The zero-order valence-corrected chi connectivity index (χ0v) is 29.2. The van der Waals surface area contributed by atoms with Crippen LogP contribution in [-0.4, -0.2) is 56.0 Å². The van der Waals surface area contributed by atoms with Crippen molar-refractivity contribution < 1.29 is 43.0 Å². The van der Waals surface area contributed by atoms with Crippen molar-refractivity contribution in [1.29, 1.82) is 0 Å². The van der Waals surface area contributed by atoms with E-state index in [1.807, 2.05) is 6.92 Å². The van der Waals surface area contributed by atoms with Crippen molar-refractivity contribution in [3.63, 3.8) is 0 Å². The van der Waals surface area contributed by atoms with Crippen molar-refractivity contribution in [2.75, 3.05) is 26.9 Å². The van der Waals surface area contributed by atoms with Crippen molar-refractivity contribution in [2.24, 2.45) is 5.10 Å². The number of hydrazone groups is 1. The summed E-state index contributed by atoms with van der Waals surface area (Å²) in [5, 5.41) is 20.3. The van der Waals surface area contributed by atoms with Gasteiger partial charge < -0.3 is 34.3 Å². The maximum Gasteiger partial charge on any atom is 0.338 e. The van der Waals surface area contributed by atoms with E-state index < -0.39 is 28.9 Å². The molecule has 16 heteroatoms. The largest absolute Gasteiger partial charge is 0.493 e. The van der Waals surface area contributed by atoms with E-state index in [9.17, 15) is 24.5 Å². The molecule has 0 aromatic heterocycles. The summed E-state index contributed by atoms with van der Waals surface area (Å²) in [6, 6.07) is 13.1. The summed E-state index contributed by atoms with van der Waals surface area (Å²) in [6.07, 6.45) is 1.45. The second-order valence-corrected chi connectivity index (χ2v) is 11.4. The van der Waals surface area contributed by atoms with E-state index in [2.05, 4.69) is 43.8 Å². The number of carbonyl (C=O) groups is 3. The van der Waals surface area contributed by atoms with Gasteiger partial charge in [0.1, 0.15) is 6.61 Å². The summed E-state index contributed by atoms with van der Waals surface area (Å²) in [5.41, 5.74) is 4.96. The molecule has 3 aromatic rings. The molecule has 3 aromatic carbocycles. The van der Waals surface area contributed by atoms with Crippen molar-refractivity contribution in [3.8, 4) is 23.0 Å². The van der Waals surface area contributed by atoms with Gasteiger partial charge in [-0.1, -0.05) is 6.07 Å². The van der Waals surface area contributed by atoms with E-state index in [0.29, 0.717) is 34.9 Å². The summed E-state index contributed by atoms with van der Waals surface area (Å²) in [6.45, 7) is 5.46. The Balaban J connectivity index is 1.38. The Morgan fingerprint density at radius 1 is 1.02 bits per heavy atom. The number of hydrogen-bond acceptors (Lipinski definition) is 11. The van der Waals surface area contributed by atoms with E-state index in [-0.39, 0.29) is 42.6 Å². The van der Waals surface area contributed by atoms with Gasteiger partial charge in [0.05, 0.1) is 46.6 Å². The molecule has 1 aliphatic rings. The van der Waals surface area contributed by atoms with Crippen LogP contribution in [0.2, 0.25) is 0 Å². The average Bonchev–Trinajstić information content (AvgIpc) is 3.07. The molecular weight excluding hydrogens is 753 g/mol. The number of non-ortho nitro benzene ring substituents is 1. The molecule has 0 radical (unpaired) electrons. The number of esters is 1. The zero-order chi connectivity index (χ0) is 35.5. The lowest BCUT2D eigenvalue weighted by molar-refractivity contribution is -0.384. The van der Waals surface area contributed by atoms with Crippen LogP contribution in [0.4, 0.5) is 10.5 Å². The Bertz CT molecular complexity index is 1780. The molecular formula is C33H34IN5O10. The third-order valence-corrected chi connectivity index (χ3v) is 7.71. The first-order valence-electron chi connectivity index (χ1n) is 14.9. The Labute approximate surface area is 295 Å². The molecule has 49 heavy (non-hydrogen) atoms. The molecule has 0 saturated heterocycles. The Morgan fingerprint density at radius 2 is 1.78 bits per heavy atom. The summed E-state index contributed by atoms with van der Waals surface area (Å²) in [7, 11) is 1.43. The summed E-state index contributed by atoms with van der Waals surface area (Å²) >= 11 is 2.10. The standard InChI is InChI=1S/C33H34IN5O10/c1-5-46-27-14-21(13-24(34)31(27)49-17-20-7-10-23(11-8-20)39(43)44)16-35-38-28(40)18-48-25-12-9-22(15-26(25)45-4)30-29(32(41)47-6-2)19(3)36-33(42)37-30/h7-16,30H,5-6,17-18H2,1-4H3,(H,38,40)(H2,36,37,42)/b35-16+/t30-/m0/s1. The van der Waals surface area contributed by atoms with Crippen LogP contribution in [0.15, 0.2) is 71.0 Å². The molecule has 3 N–H and O–H groups in total. The first kappa shape index (κ1) is 36.4. The van der Waals surface area contributed by atoms with Gasteiger partial charge in [-0.15, -0.1) is 0 Å². The monoisotopic (exact) mass is 787 g/mol. The maximum absolute atomic E-state index is 12.6. The molecule has 0 saturated carbocycles. The van der Waals surface area contributed by atoms with Crippen LogP contribution in [-0.2, 0) is 20.9 Å². The zero-order valence-electron chi connectivity index (χ0n) is 27.0. The van der Waals surface area contributed by atoms with Gasteiger partial charge in [0.15, 0.2) is 29.6 Å². The highest BCUT2D eigenvalue weighted by atomic mass is 127. The number of benzene rings is 3. The Kier molecular flexibility index (Phi) is 12.7. The fourth-order valence-corrected chi connectivity index (χ4v) is 5.48. The number of nitrogens with one attached hydrogen (secondary N) is 3. The lowest BCUT2D eigenvalue weighted by atomic mass is 9.95. The third-order valence-electron chi connectivity index (χ3n) is 6.91. The minimum atomic E-state index is -0.796. The van der Waals surface area contributed by atoms with Gasteiger partial charge in [0, 0.05) is 17.8 Å². The van der Waals surface area contributed by atoms with Gasteiger partial charge in [0.2, 0.25) is 0 Å². The second kappa shape index (κ2) is 17.1. The number of nitro groups is 1. The number of hydrogen-bond donors (Lipinski definition) is 3. The lowest BCUT2D eigenvalue weighted by Crippen LogP contribution is -2.45. The van der Waals surface area contributed by atoms with Gasteiger partial charge in [-0.05, 0) is 96.5 Å². The molecule has 0 aliphatic carbocycles. The van der Waals surface area contributed by atoms with Crippen LogP contribution >= 0.6 is 22.6 Å². The number of nitrogens with zero attached hydrogens (tertiary/aromatic N) is 2. The van der Waals surface area contributed by atoms with Crippen LogP contribution in [0.1, 0.15) is 43.5 Å². The first-order chi connectivity index (χ1) is 23.5. The van der Waals surface area contributed by atoms with Crippen molar-refractivity contribution >= 4 is 52.4 Å². The van der Waals surface area contributed by atoms with Gasteiger partial charge in [-0.2, -0.15) is 5.10 Å². The molecule has 0 bridgehead atoms. The SMILES string of the molecule is CCOC(=O)C1=C(C)NC(=O)N[C@H]1c1ccc(OCC(=O)N/N=C/c2cc(I)c(OCc3ccc([N+](=O)[O-])cc3)c(OCC)c2)c(OC)c1. The summed E-state index contributed by atoms with van der Waals surface area (Å²) < 4.78 is 28.8. The lowest BCUT2D eigenvalue weighted by Gasteiger charge is -2.28. The van der Waals surface area contributed by atoms with Crippen LogP contribution in [0.5, 0.6) is 23.0 Å². The number of methoxy groups -OCH3 is 1. The van der Waals surface area contributed by atoms with Gasteiger partial charge in [0.25, 0.3) is 11.6 Å².